The lowest BCUT2D eigenvalue weighted by atomic mass is 9.96. The largest absolute Gasteiger partial charge is 0.444 e. The number of guanidine groups is 1. The number of hydrazine groups is 1. The Labute approximate surface area is 113 Å². The molecule has 0 atom stereocenters. The normalized spacial score (nSPS) is 17.5. The second-order valence-corrected chi connectivity index (χ2v) is 4.86. The van der Waals surface area contributed by atoms with Crippen molar-refractivity contribution >= 4 is 5.96 Å². The number of aromatic nitrogens is 1. The van der Waals surface area contributed by atoms with Crippen molar-refractivity contribution in [2.24, 2.45) is 10.8 Å². The van der Waals surface area contributed by atoms with Gasteiger partial charge in [-0.15, -0.1) is 0 Å². The van der Waals surface area contributed by atoms with E-state index >= 15 is 0 Å². The molecular weight excluding hydrogens is 242 g/mol. The van der Waals surface area contributed by atoms with Crippen LogP contribution in [-0.2, 0) is 13.0 Å². The molecule has 2 rings (SSSR count). The van der Waals surface area contributed by atoms with Gasteiger partial charge in [0, 0.05) is 12.5 Å². The molecule has 0 spiro atoms. The minimum absolute atomic E-state index is 0.402. The Hall–Kier alpha value is -1.56. The van der Waals surface area contributed by atoms with E-state index in [1.807, 2.05) is 6.92 Å². The number of rotatable bonds is 4. The van der Waals surface area contributed by atoms with E-state index in [0.29, 0.717) is 24.4 Å². The fraction of sp³-hybridized carbons (Fsp3) is 0.692. The molecule has 1 aromatic rings. The third-order valence-electron chi connectivity index (χ3n) is 3.41. The monoisotopic (exact) mass is 265 g/mol. The first kappa shape index (κ1) is 13.9. The standard InChI is InChI=1S/C13H23N5O/c1-2-11-8-15-12(19-11)9-16-13(18-14)17-10-6-4-3-5-7-10/h8,10H,2-7,9,14H2,1H3,(H2,16,17,18). The molecule has 1 fully saturated rings. The second kappa shape index (κ2) is 7.13. The van der Waals surface area contributed by atoms with Crippen molar-refractivity contribution in [2.75, 3.05) is 0 Å². The maximum Gasteiger partial charge on any atom is 0.216 e. The number of nitrogens with zero attached hydrogens (tertiary/aromatic N) is 2. The van der Waals surface area contributed by atoms with Crippen molar-refractivity contribution in [3.63, 3.8) is 0 Å². The summed E-state index contributed by atoms with van der Waals surface area (Å²) in [7, 11) is 0. The summed E-state index contributed by atoms with van der Waals surface area (Å²) in [6, 6.07) is 0.472. The lowest BCUT2D eigenvalue weighted by Crippen LogP contribution is -2.47. The molecule has 19 heavy (non-hydrogen) atoms. The van der Waals surface area contributed by atoms with Crippen molar-refractivity contribution < 1.29 is 4.42 Å². The Morgan fingerprint density at radius 1 is 1.47 bits per heavy atom. The molecule has 0 radical (unpaired) electrons. The van der Waals surface area contributed by atoms with Crippen LogP contribution in [-0.4, -0.2) is 17.0 Å². The smallest absolute Gasteiger partial charge is 0.216 e. The summed E-state index contributed by atoms with van der Waals surface area (Å²) in [6.07, 6.45) is 8.83. The summed E-state index contributed by atoms with van der Waals surface area (Å²) in [4.78, 5) is 8.54. The molecule has 6 nitrogen and oxygen atoms in total. The van der Waals surface area contributed by atoms with Gasteiger partial charge in [-0.2, -0.15) is 0 Å². The number of oxazole rings is 1. The van der Waals surface area contributed by atoms with Crippen molar-refractivity contribution in [1.29, 1.82) is 0 Å². The number of hydrogen-bond acceptors (Lipinski definition) is 4. The van der Waals surface area contributed by atoms with Crippen LogP contribution in [0.3, 0.4) is 0 Å². The highest BCUT2D eigenvalue weighted by Crippen LogP contribution is 2.17. The van der Waals surface area contributed by atoms with Gasteiger partial charge in [-0.1, -0.05) is 26.2 Å². The van der Waals surface area contributed by atoms with Crippen molar-refractivity contribution in [3.8, 4) is 0 Å². The molecule has 106 valence electrons. The van der Waals surface area contributed by atoms with Gasteiger partial charge in [0.25, 0.3) is 0 Å². The zero-order valence-electron chi connectivity index (χ0n) is 11.5. The number of hydrogen-bond donors (Lipinski definition) is 3. The average molecular weight is 265 g/mol. The van der Waals surface area contributed by atoms with Gasteiger partial charge < -0.3 is 9.73 Å². The molecule has 0 amide bonds. The highest BCUT2D eigenvalue weighted by molar-refractivity contribution is 5.79. The SMILES string of the molecule is CCc1cnc(CN=C(NN)NC2CCCCC2)o1. The van der Waals surface area contributed by atoms with Gasteiger partial charge in [0.15, 0.2) is 0 Å². The maximum atomic E-state index is 5.50. The van der Waals surface area contributed by atoms with Crippen LogP contribution in [0.15, 0.2) is 15.6 Å². The number of nitrogens with two attached hydrogens (primary N) is 1. The molecule has 4 N–H and O–H groups in total. The number of nitrogens with one attached hydrogen (secondary N) is 2. The molecule has 6 heteroatoms. The Kier molecular flexibility index (Phi) is 5.20. The highest BCUT2D eigenvalue weighted by atomic mass is 16.4. The van der Waals surface area contributed by atoms with E-state index in [0.717, 1.165) is 12.2 Å². The van der Waals surface area contributed by atoms with Gasteiger partial charge in [0.1, 0.15) is 12.3 Å². The van der Waals surface area contributed by atoms with Crippen LogP contribution in [0.5, 0.6) is 0 Å². The average Bonchev–Trinajstić information content (AvgIpc) is 2.92. The Morgan fingerprint density at radius 2 is 2.26 bits per heavy atom. The molecule has 1 saturated carbocycles. The first-order chi connectivity index (χ1) is 9.31. The topological polar surface area (TPSA) is 88.5 Å². The summed E-state index contributed by atoms with van der Waals surface area (Å²) < 4.78 is 5.50. The van der Waals surface area contributed by atoms with E-state index in [1.54, 1.807) is 6.20 Å². The summed E-state index contributed by atoms with van der Waals surface area (Å²) in [5, 5.41) is 3.34. The van der Waals surface area contributed by atoms with Gasteiger partial charge >= 0.3 is 0 Å². The van der Waals surface area contributed by atoms with Gasteiger partial charge in [-0.3, -0.25) is 5.43 Å². The predicted octanol–water partition coefficient (Wildman–Crippen LogP) is 1.48. The quantitative estimate of drug-likeness (QED) is 0.332. The molecule has 1 heterocycles. The molecule has 0 unspecified atom stereocenters. The fourth-order valence-electron chi connectivity index (χ4n) is 2.30. The van der Waals surface area contributed by atoms with E-state index in [2.05, 4.69) is 20.7 Å². The van der Waals surface area contributed by atoms with Crippen molar-refractivity contribution in [2.45, 2.75) is 58.0 Å². The summed E-state index contributed by atoms with van der Waals surface area (Å²) in [5.74, 6) is 7.61. The Bertz CT molecular complexity index is 409. The van der Waals surface area contributed by atoms with Gasteiger partial charge in [-0.25, -0.2) is 15.8 Å². The van der Waals surface area contributed by atoms with E-state index < -0.39 is 0 Å². The van der Waals surface area contributed by atoms with Gasteiger partial charge in [-0.05, 0) is 12.8 Å². The highest BCUT2D eigenvalue weighted by Gasteiger charge is 2.14. The predicted molar refractivity (Wildman–Crippen MR) is 74.4 cm³/mol. The van der Waals surface area contributed by atoms with Crippen LogP contribution >= 0.6 is 0 Å². The summed E-state index contributed by atoms with van der Waals surface area (Å²) in [6.45, 7) is 2.43. The van der Waals surface area contributed by atoms with Crippen LogP contribution in [0, 0.1) is 0 Å². The first-order valence-corrected chi connectivity index (χ1v) is 7.03. The minimum Gasteiger partial charge on any atom is -0.444 e. The second-order valence-electron chi connectivity index (χ2n) is 4.86. The molecule has 0 saturated heterocycles. The zero-order chi connectivity index (χ0) is 13.5. The summed E-state index contributed by atoms with van der Waals surface area (Å²) >= 11 is 0. The van der Waals surface area contributed by atoms with Crippen LogP contribution in [0.25, 0.3) is 0 Å². The van der Waals surface area contributed by atoms with E-state index in [4.69, 9.17) is 10.3 Å². The third kappa shape index (κ3) is 4.24. The van der Waals surface area contributed by atoms with Crippen LogP contribution < -0.4 is 16.6 Å². The lowest BCUT2D eigenvalue weighted by Gasteiger charge is -2.24. The van der Waals surface area contributed by atoms with E-state index in [9.17, 15) is 0 Å². The Morgan fingerprint density at radius 3 is 2.89 bits per heavy atom. The Balaban J connectivity index is 1.87. The van der Waals surface area contributed by atoms with Crippen LogP contribution in [0.2, 0.25) is 0 Å². The third-order valence-corrected chi connectivity index (χ3v) is 3.41. The molecular formula is C13H23N5O. The van der Waals surface area contributed by atoms with Crippen LogP contribution in [0.1, 0.15) is 50.7 Å². The first-order valence-electron chi connectivity index (χ1n) is 7.03. The van der Waals surface area contributed by atoms with E-state index in [-0.39, 0.29) is 0 Å². The number of aliphatic imine (C=N–C) groups is 1. The molecule has 1 aliphatic carbocycles. The zero-order valence-corrected chi connectivity index (χ0v) is 11.5. The van der Waals surface area contributed by atoms with Crippen molar-refractivity contribution in [1.82, 2.24) is 15.7 Å². The molecule has 0 aliphatic heterocycles. The molecule has 1 aromatic heterocycles. The molecule has 1 aliphatic rings. The van der Waals surface area contributed by atoms with Gasteiger partial charge in [0.2, 0.25) is 11.9 Å². The molecule has 0 aromatic carbocycles. The lowest BCUT2D eigenvalue weighted by molar-refractivity contribution is 0.409. The van der Waals surface area contributed by atoms with Crippen molar-refractivity contribution in [3.05, 3.63) is 17.8 Å². The van der Waals surface area contributed by atoms with E-state index in [1.165, 1.54) is 32.1 Å². The summed E-state index contributed by atoms with van der Waals surface area (Å²) in [5.41, 5.74) is 2.61. The fourth-order valence-corrected chi connectivity index (χ4v) is 2.30. The van der Waals surface area contributed by atoms with Gasteiger partial charge in [0.05, 0.1) is 6.20 Å². The minimum atomic E-state index is 0.402. The number of aryl methyl sites for hydroxylation is 1. The maximum absolute atomic E-state index is 5.50. The van der Waals surface area contributed by atoms with Crippen LogP contribution in [0.4, 0.5) is 0 Å². The molecule has 0 bridgehead atoms.